The van der Waals surface area contributed by atoms with Gasteiger partial charge in [0.25, 0.3) is 15.9 Å². The Morgan fingerprint density at radius 2 is 1.50 bits per heavy atom. The molecule has 0 aliphatic rings. The molecule has 0 heterocycles. The fraction of sp³-hybridized carbons (Fsp3) is 0.235. The Kier molecular flexibility index (Phi) is 5.60. The van der Waals surface area contributed by atoms with Crippen LogP contribution in [0, 0.1) is 0 Å². The molecule has 0 aromatic heterocycles. The molecule has 0 aliphatic heterocycles. The summed E-state index contributed by atoms with van der Waals surface area (Å²) in [5.74, 6) is -0.334. The minimum atomic E-state index is -4.50. The summed E-state index contributed by atoms with van der Waals surface area (Å²) in [6.07, 6.45) is -4.50. The van der Waals surface area contributed by atoms with Crippen LogP contribution in [0.15, 0.2) is 53.4 Å². The number of carbonyl (C=O) groups is 1. The molecule has 9 heteroatoms. The molecular weight excluding hydrogens is 369 g/mol. The van der Waals surface area contributed by atoms with Gasteiger partial charge < -0.3 is 5.32 Å². The Balaban J connectivity index is 2.16. The standard InChI is InChI=1S/C17H17F3N2O3S/c1-11(2)21-16(23)12-3-9-15(10-4-12)26(24,25)22-14-7-5-13(6-8-14)17(18,19)20/h3-11,22H,1-2H3,(H,21,23). The number of anilines is 1. The number of halogens is 3. The minimum absolute atomic E-state index is 0.000345. The zero-order chi connectivity index (χ0) is 19.5. The third-order valence-corrected chi connectivity index (χ3v) is 4.71. The van der Waals surface area contributed by atoms with Gasteiger partial charge in [0, 0.05) is 17.3 Å². The van der Waals surface area contributed by atoms with Crippen LogP contribution in [-0.4, -0.2) is 20.4 Å². The van der Waals surface area contributed by atoms with E-state index in [-0.39, 0.29) is 22.5 Å². The molecule has 0 saturated carbocycles. The number of rotatable bonds is 5. The molecule has 2 rings (SSSR count). The Bertz CT molecular complexity index is 875. The first-order valence-electron chi connectivity index (χ1n) is 7.60. The van der Waals surface area contributed by atoms with E-state index in [0.29, 0.717) is 5.56 Å². The Morgan fingerprint density at radius 3 is 1.96 bits per heavy atom. The lowest BCUT2D eigenvalue weighted by atomic mass is 10.2. The van der Waals surface area contributed by atoms with E-state index in [1.165, 1.54) is 24.3 Å². The molecule has 0 aliphatic carbocycles. The quantitative estimate of drug-likeness (QED) is 0.824. The van der Waals surface area contributed by atoms with Gasteiger partial charge in [0.2, 0.25) is 0 Å². The fourth-order valence-electron chi connectivity index (χ4n) is 2.07. The van der Waals surface area contributed by atoms with E-state index in [2.05, 4.69) is 10.0 Å². The van der Waals surface area contributed by atoms with E-state index in [0.717, 1.165) is 24.3 Å². The van der Waals surface area contributed by atoms with Crippen molar-refractivity contribution in [3.05, 3.63) is 59.7 Å². The van der Waals surface area contributed by atoms with Crippen molar-refractivity contribution in [2.24, 2.45) is 0 Å². The maximum absolute atomic E-state index is 12.5. The third kappa shape index (κ3) is 4.98. The highest BCUT2D eigenvalue weighted by atomic mass is 32.2. The first kappa shape index (κ1) is 19.8. The lowest BCUT2D eigenvalue weighted by Crippen LogP contribution is -2.30. The Labute approximate surface area is 149 Å². The summed E-state index contributed by atoms with van der Waals surface area (Å²) in [6.45, 7) is 3.59. The zero-order valence-corrected chi connectivity index (χ0v) is 14.8. The Morgan fingerprint density at radius 1 is 0.962 bits per heavy atom. The van der Waals surface area contributed by atoms with Crippen LogP contribution in [0.2, 0.25) is 0 Å². The van der Waals surface area contributed by atoms with E-state index >= 15 is 0 Å². The van der Waals surface area contributed by atoms with Gasteiger partial charge in [-0.05, 0) is 62.4 Å². The summed E-state index contributed by atoms with van der Waals surface area (Å²) in [6, 6.07) is 8.80. The van der Waals surface area contributed by atoms with Crippen molar-refractivity contribution in [3.63, 3.8) is 0 Å². The number of alkyl halides is 3. The van der Waals surface area contributed by atoms with Gasteiger partial charge in [0.15, 0.2) is 0 Å². The monoisotopic (exact) mass is 386 g/mol. The molecule has 0 radical (unpaired) electrons. The maximum Gasteiger partial charge on any atom is 0.416 e. The second-order valence-electron chi connectivity index (χ2n) is 5.83. The highest BCUT2D eigenvalue weighted by Crippen LogP contribution is 2.30. The smallest absolute Gasteiger partial charge is 0.350 e. The first-order valence-corrected chi connectivity index (χ1v) is 9.08. The zero-order valence-electron chi connectivity index (χ0n) is 14.0. The second kappa shape index (κ2) is 7.36. The molecule has 0 atom stereocenters. The highest BCUT2D eigenvalue weighted by Gasteiger charge is 2.30. The minimum Gasteiger partial charge on any atom is -0.350 e. The number of nitrogens with one attached hydrogen (secondary N) is 2. The van der Waals surface area contributed by atoms with E-state index in [9.17, 15) is 26.4 Å². The van der Waals surface area contributed by atoms with Gasteiger partial charge in [-0.15, -0.1) is 0 Å². The summed E-state index contributed by atoms with van der Waals surface area (Å²) in [4.78, 5) is 11.7. The first-order chi connectivity index (χ1) is 12.0. The Hall–Kier alpha value is -2.55. The largest absolute Gasteiger partial charge is 0.416 e. The predicted molar refractivity (Wildman–Crippen MR) is 91.3 cm³/mol. The van der Waals surface area contributed by atoms with Crippen LogP contribution in [-0.2, 0) is 16.2 Å². The summed E-state index contributed by atoms with van der Waals surface area (Å²) >= 11 is 0. The number of benzene rings is 2. The van der Waals surface area contributed by atoms with Crippen LogP contribution in [0.5, 0.6) is 0 Å². The second-order valence-corrected chi connectivity index (χ2v) is 7.52. The van der Waals surface area contributed by atoms with Crippen molar-refractivity contribution in [3.8, 4) is 0 Å². The van der Waals surface area contributed by atoms with Gasteiger partial charge >= 0.3 is 6.18 Å². The number of hydrogen-bond acceptors (Lipinski definition) is 3. The molecule has 2 N–H and O–H groups in total. The number of amides is 1. The lowest BCUT2D eigenvalue weighted by Gasteiger charge is -2.11. The molecular formula is C17H17F3N2O3S. The van der Waals surface area contributed by atoms with Gasteiger partial charge in [-0.3, -0.25) is 9.52 Å². The topological polar surface area (TPSA) is 75.3 Å². The van der Waals surface area contributed by atoms with Gasteiger partial charge in [-0.1, -0.05) is 0 Å². The maximum atomic E-state index is 12.5. The average molecular weight is 386 g/mol. The SMILES string of the molecule is CC(C)NC(=O)c1ccc(S(=O)(=O)Nc2ccc(C(F)(F)F)cc2)cc1. The molecule has 26 heavy (non-hydrogen) atoms. The van der Waals surface area contributed by atoms with Gasteiger partial charge in [0.1, 0.15) is 0 Å². The van der Waals surface area contributed by atoms with Crippen molar-refractivity contribution in [2.75, 3.05) is 4.72 Å². The van der Waals surface area contributed by atoms with Crippen molar-refractivity contribution in [2.45, 2.75) is 31.0 Å². The molecule has 0 unspecified atom stereocenters. The molecule has 5 nitrogen and oxygen atoms in total. The van der Waals surface area contributed by atoms with Crippen molar-refractivity contribution >= 4 is 21.6 Å². The number of sulfonamides is 1. The number of hydrogen-bond donors (Lipinski definition) is 2. The van der Waals surface area contributed by atoms with Crippen LogP contribution in [0.1, 0.15) is 29.8 Å². The highest BCUT2D eigenvalue weighted by molar-refractivity contribution is 7.92. The van der Waals surface area contributed by atoms with Gasteiger partial charge in [-0.25, -0.2) is 8.42 Å². The van der Waals surface area contributed by atoms with Gasteiger partial charge in [-0.2, -0.15) is 13.2 Å². The molecule has 0 bridgehead atoms. The van der Waals surface area contributed by atoms with E-state index in [4.69, 9.17) is 0 Å². The third-order valence-electron chi connectivity index (χ3n) is 3.31. The summed E-state index contributed by atoms with van der Waals surface area (Å²) < 4.78 is 64.4. The van der Waals surface area contributed by atoms with E-state index in [1.54, 1.807) is 13.8 Å². The molecule has 2 aromatic carbocycles. The molecule has 140 valence electrons. The van der Waals surface area contributed by atoms with Crippen molar-refractivity contribution < 1.29 is 26.4 Å². The van der Waals surface area contributed by atoms with Crippen LogP contribution in [0.4, 0.5) is 18.9 Å². The van der Waals surface area contributed by atoms with Crippen LogP contribution in [0.25, 0.3) is 0 Å². The lowest BCUT2D eigenvalue weighted by molar-refractivity contribution is -0.137. The number of carbonyl (C=O) groups excluding carboxylic acids is 1. The van der Waals surface area contributed by atoms with Crippen molar-refractivity contribution in [1.29, 1.82) is 0 Å². The van der Waals surface area contributed by atoms with Crippen LogP contribution >= 0.6 is 0 Å². The van der Waals surface area contributed by atoms with Crippen LogP contribution in [0.3, 0.4) is 0 Å². The van der Waals surface area contributed by atoms with E-state index in [1.807, 2.05) is 0 Å². The van der Waals surface area contributed by atoms with Crippen LogP contribution < -0.4 is 10.0 Å². The fourth-order valence-corrected chi connectivity index (χ4v) is 3.13. The summed E-state index contributed by atoms with van der Waals surface area (Å²) in [7, 11) is -3.99. The van der Waals surface area contributed by atoms with Gasteiger partial charge in [0.05, 0.1) is 10.5 Å². The summed E-state index contributed by atoms with van der Waals surface area (Å²) in [5, 5.41) is 2.68. The molecule has 0 fully saturated rings. The molecule has 0 saturated heterocycles. The van der Waals surface area contributed by atoms with Crippen molar-refractivity contribution in [1.82, 2.24) is 5.32 Å². The molecule has 2 aromatic rings. The molecule has 0 spiro atoms. The van der Waals surface area contributed by atoms with E-state index < -0.39 is 21.8 Å². The predicted octanol–water partition coefficient (Wildman–Crippen LogP) is 3.64. The normalized spacial score (nSPS) is 12.1. The summed E-state index contributed by atoms with van der Waals surface area (Å²) in [5.41, 5.74) is -0.576. The average Bonchev–Trinajstić information content (AvgIpc) is 2.53. The molecule has 1 amide bonds.